The molecule has 134 valence electrons. The van der Waals surface area contributed by atoms with Crippen molar-refractivity contribution in [2.45, 2.75) is 64.6 Å². The van der Waals surface area contributed by atoms with E-state index in [4.69, 9.17) is 8.85 Å². The highest BCUT2D eigenvalue weighted by Gasteiger charge is 2.42. The minimum Gasteiger partial charge on any atom is -0.394 e. The van der Waals surface area contributed by atoms with Gasteiger partial charge >= 0.3 is 8.56 Å². The first kappa shape index (κ1) is 17.1. The standard InChI is InChI=1S/C21H34O2Si/c1-21(2,13-19-11-15-5-7-17(19)9-15)23-24(3,4)22-14-20-12-16-6-8-18(20)10-16/h5-8,15-20H,9-14H2,1-4H3. The Bertz CT molecular complexity index is 536. The fourth-order valence-corrected chi connectivity index (χ4v) is 7.98. The van der Waals surface area contributed by atoms with Gasteiger partial charge in [0, 0.05) is 6.61 Å². The maximum atomic E-state index is 6.61. The maximum absolute atomic E-state index is 6.61. The summed E-state index contributed by atoms with van der Waals surface area (Å²) in [5, 5.41) is 0. The van der Waals surface area contributed by atoms with Crippen molar-refractivity contribution in [2.75, 3.05) is 6.61 Å². The number of fused-ring (bicyclic) bond motifs is 4. The van der Waals surface area contributed by atoms with Gasteiger partial charge in [0.05, 0.1) is 5.60 Å². The van der Waals surface area contributed by atoms with Crippen LogP contribution in [0.2, 0.25) is 13.1 Å². The van der Waals surface area contributed by atoms with Gasteiger partial charge in [0.15, 0.2) is 0 Å². The van der Waals surface area contributed by atoms with E-state index >= 15 is 0 Å². The average molecular weight is 347 g/mol. The van der Waals surface area contributed by atoms with Crippen LogP contribution >= 0.6 is 0 Å². The minimum atomic E-state index is -2.07. The summed E-state index contributed by atoms with van der Waals surface area (Å²) in [6.07, 6.45) is 16.3. The fraction of sp³-hybridized carbons (Fsp3) is 0.810. The van der Waals surface area contributed by atoms with Gasteiger partial charge in [0.2, 0.25) is 0 Å². The highest BCUT2D eigenvalue weighted by molar-refractivity contribution is 6.64. The lowest BCUT2D eigenvalue weighted by molar-refractivity contribution is 0.0249. The predicted octanol–water partition coefficient (Wildman–Crippen LogP) is 5.31. The molecule has 4 rings (SSSR count). The van der Waals surface area contributed by atoms with Crippen molar-refractivity contribution in [1.82, 2.24) is 0 Å². The van der Waals surface area contributed by atoms with Crippen molar-refractivity contribution in [1.29, 1.82) is 0 Å². The third kappa shape index (κ3) is 3.59. The first-order valence-corrected chi connectivity index (χ1v) is 12.8. The Kier molecular flexibility index (Phi) is 4.34. The summed E-state index contributed by atoms with van der Waals surface area (Å²) in [5.74, 6) is 4.81. The topological polar surface area (TPSA) is 18.5 Å². The summed E-state index contributed by atoms with van der Waals surface area (Å²) >= 11 is 0. The summed E-state index contributed by atoms with van der Waals surface area (Å²) in [4.78, 5) is 0. The molecule has 0 spiro atoms. The predicted molar refractivity (Wildman–Crippen MR) is 101 cm³/mol. The average Bonchev–Trinajstić information content (AvgIpc) is 3.24. The lowest BCUT2D eigenvalue weighted by Crippen LogP contribution is -2.45. The number of hydrogen-bond acceptors (Lipinski definition) is 2. The van der Waals surface area contributed by atoms with Crippen LogP contribution < -0.4 is 0 Å². The van der Waals surface area contributed by atoms with E-state index in [-0.39, 0.29) is 5.60 Å². The Morgan fingerprint density at radius 3 is 1.96 bits per heavy atom. The van der Waals surface area contributed by atoms with E-state index in [1.807, 2.05) is 0 Å². The SMILES string of the molecule is CC(C)(CC1CC2C=CC1C2)O[Si](C)(C)OCC1CC2C=CC1C2. The van der Waals surface area contributed by atoms with Crippen LogP contribution in [0.5, 0.6) is 0 Å². The zero-order valence-corrected chi connectivity index (χ0v) is 16.8. The van der Waals surface area contributed by atoms with E-state index in [1.54, 1.807) is 0 Å². The molecule has 0 aromatic rings. The van der Waals surface area contributed by atoms with Gasteiger partial charge in [0.25, 0.3) is 0 Å². The fourth-order valence-electron chi connectivity index (χ4n) is 5.89. The van der Waals surface area contributed by atoms with Crippen LogP contribution in [0, 0.1) is 35.5 Å². The summed E-state index contributed by atoms with van der Waals surface area (Å²) in [5.41, 5.74) is -0.0622. The number of hydrogen-bond donors (Lipinski definition) is 0. The smallest absolute Gasteiger partial charge is 0.332 e. The van der Waals surface area contributed by atoms with E-state index in [0.717, 1.165) is 42.1 Å². The van der Waals surface area contributed by atoms with Gasteiger partial charge < -0.3 is 8.85 Å². The molecule has 2 fully saturated rings. The van der Waals surface area contributed by atoms with Gasteiger partial charge in [-0.2, -0.15) is 0 Å². The van der Waals surface area contributed by atoms with E-state index in [1.165, 1.54) is 32.1 Å². The lowest BCUT2D eigenvalue weighted by Gasteiger charge is -2.38. The van der Waals surface area contributed by atoms with Crippen LogP contribution in [-0.4, -0.2) is 20.8 Å². The molecule has 4 aliphatic rings. The van der Waals surface area contributed by atoms with Gasteiger partial charge in [-0.15, -0.1) is 0 Å². The molecule has 0 aliphatic heterocycles. The summed E-state index contributed by atoms with van der Waals surface area (Å²) in [7, 11) is -2.07. The van der Waals surface area contributed by atoms with Crippen molar-refractivity contribution >= 4 is 8.56 Å². The largest absolute Gasteiger partial charge is 0.394 e. The van der Waals surface area contributed by atoms with Gasteiger partial charge in [-0.1, -0.05) is 24.3 Å². The van der Waals surface area contributed by atoms with Gasteiger partial charge in [-0.25, -0.2) is 0 Å². The second kappa shape index (κ2) is 6.10. The Hall–Kier alpha value is -0.383. The first-order chi connectivity index (χ1) is 11.3. The zero-order chi connectivity index (χ0) is 16.9. The Morgan fingerprint density at radius 1 is 0.875 bits per heavy atom. The van der Waals surface area contributed by atoms with Crippen LogP contribution in [0.4, 0.5) is 0 Å². The van der Waals surface area contributed by atoms with Crippen molar-refractivity contribution in [2.24, 2.45) is 35.5 Å². The molecule has 0 amide bonds. The Labute approximate surface area is 148 Å². The molecule has 0 aromatic heterocycles. The minimum absolute atomic E-state index is 0.0622. The zero-order valence-electron chi connectivity index (χ0n) is 15.8. The molecule has 0 heterocycles. The molecular weight excluding hydrogens is 312 g/mol. The molecule has 0 radical (unpaired) electrons. The lowest BCUT2D eigenvalue weighted by atomic mass is 9.84. The highest BCUT2D eigenvalue weighted by atomic mass is 28.4. The quantitative estimate of drug-likeness (QED) is 0.459. The second-order valence-electron chi connectivity index (χ2n) is 9.86. The molecular formula is C21H34O2Si. The monoisotopic (exact) mass is 346 g/mol. The van der Waals surface area contributed by atoms with Gasteiger partial charge in [-0.3, -0.25) is 0 Å². The molecule has 2 nitrogen and oxygen atoms in total. The van der Waals surface area contributed by atoms with Crippen molar-refractivity contribution in [3.63, 3.8) is 0 Å². The van der Waals surface area contributed by atoms with Gasteiger partial charge in [-0.05, 0) is 94.6 Å². The molecule has 0 N–H and O–H groups in total. The summed E-state index contributed by atoms with van der Waals surface area (Å²) in [6, 6.07) is 0. The Balaban J connectivity index is 1.27. The maximum Gasteiger partial charge on any atom is 0.332 e. The number of allylic oxidation sites excluding steroid dienone is 4. The number of rotatable bonds is 7. The molecule has 0 aromatic carbocycles. The van der Waals surface area contributed by atoms with Crippen LogP contribution in [0.25, 0.3) is 0 Å². The molecule has 0 saturated heterocycles. The normalized spacial score (nSPS) is 40.2. The third-order valence-electron chi connectivity index (χ3n) is 6.75. The van der Waals surface area contributed by atoms with Crippen LogP contribution in [-0.2, 0) is 8.85 Å². The van der Waals surface area contributed by atoms with Crippen LogP contribution in [0.15, 0.2) is 24.3 Å². The Morgan fingerprint density at radius 2 is 1.46 bits per heavy atom. The molecule has 2 saturated carbocycles. The highest BCUT2D eigenvalue weighted by Crippen LogP contribution is 2.47. The van der Waals surface area contributed by atoms with Crippen molar-refractivity contribution < 1.29 is 8.85 Å². The van der Waals surface area contributed by atoms with E-state index in [0.29, 0.717) is 0 Å². The van der Waals surface area contributed by atoms with E-state index < -0.39 is 8.56 Å². The molecule has 4 bridgehead atoms. The van der Waals surface area contributed by atoms with Crippen molar-refractivity contribution in [3.05, 3.63) is 24.3 Å². The molecule has 6 atom stereocenters. The molecule has 3 heteroatoms. The second-order valence-corrected chi connectivity index (χ2v) is 13.1. The molecule has 6 unspecified atom stereocenters. The van der Waals surface area contributed by atoms with E-state index in [9.17, 15) is 0 Å². The first-order valence-electron chi connectivity index (χ1n) is 10.0. The van der Waals surface area contributed by atoms with Crippen LogP contribution in [0.1, 0.15) is 46.0 Å². The van der Waals surface area contributed by atoms with Crippen LogP contribution in [0.3, 0.4) is 0 Å². The van der Waals surface area contributed by atoms with Crippen molar-refractivity contribution in [3.8, 4) is 0 Å². The van der Waals surface area contributed by atoms with Gasteiger partial charge in [0.1, 0.15) is 0 Å². The third-order valence-corrected chi connectivity index (χ3v) is 8.66. The van der Waals surface area contributed by atoms with E-state index in [2.05, 4.69) is 51.2 Å². The molecule has 24 heavy (non-hydrogen) atoms. The molecule has 4 aliphatic carbocycles. The summed E-state index contributed by atoms with van der Waals surface area (Å²) < 4.78 is 13.0. The summed E-state index contributed by atoms with van der Waals surface area (Å²) in [6.45, 7) is 9.93.